The van der Waals surface area contributed by atoms with Crippen LogP contribution in [0.15, 0.2) is 59.5 Å². The van der Waals surface area contributed by atoms with Gasteiger partial charge in [0.15, 0.2) is 0 Å². The van der Waals surface area contributed by atoms with E-state index < -0.39 is 0 Å². The normalized spacial score (nSPS) is 15.6. The summed E-state index contributed by atoms with van der Waals surface area (Å²) < 4.78 is 2.06. The third-order valence-corrected chi connectivity index (χ3v) is 4.67. The summed E-state index contributed by atoms with van der Waals surface area (Å²) in [4.78, 5) is 25.3. The van der Waals surface area contributed by atoms with E-state index in [1.54, 1.807) is 6.20 Å². The van der Waals surface area contributed by atoms with Gasteiger partial charge in [-0.2, -0.15) is 0 Å². The summed E-state index contributed by atoms with van der Waals surface area (Å²) in [5.74, 6) is -0.320. The van der Waals surface area contributed by atoms with Crippen LogP contribution in [-0.4, -0.2) is 10.5 Å². The molecule has 1 N–H and O–H groups in total. The molecule has 3 aromatic rings. The summed E-state index contributed by atoms with van der Waals surface area (Å²) >= 11 is 0. The number of carbonyl (C=O) groups is 1. The Morgan fingerprint density at radius 1 is 1.17 bits per heavy atom. The smallest absolute Gasteiger partial charge is 0.257 e. The quantitative estimate of drug-likeness (QED) is 0.807. The van der Waals surface area contributed by atoms with E-state index in [9.17, 15) is 9.59 Å². The van der Waals surface area contributed by atoms with Crippen molar-refractivity contribution < 1.29 is 4.79 Å². The SMILES string of the molecule is C[C@@H]1Cc2cccc3c(=O)c(C(=O)NCc4ccccc4)cn1c23. The Labute approximate surface area is 139 Å². The largest absolute Gasteiger partial charge is 0.348 e. The Morgan fingerprint density at radius 3 is 2.75 bits per heavy atom. The van der Waals surface area contributed by atoms with E-state index in [0.717, 1.165) is 17.5 Å². The third kappa shape index (κ3) is 2.31. The fourth-order valence-corrected chi connectivity index (χ4v) is 3.45. The monoisotopic (exact) mass is 318 g/mol. The second kappa shape index (κ2) is 5.64. The maximum atomic E-state index is 12.7. The van der Waals surface area contributed by atoms with E-state index in [0.29, 0.717) is 11.9 Å². The highest BCUT2D eigenvalue weighted by atomic mass is 16.2. The first kappa shape index (κ1) is 14.7. The first-order chi connectivity index (χ1) is 11.6. The molecular weight excluding hydrogens is 300 g/mol. The van der Waals surface area contributed by atoms with Crippen molar-refractivity contribution in [3.63, 3.8) is 0 Å². The van der Waals surface area contributed by atoms with Gasteiger partial charge < -0.3 is 9.88 Å². The molecule has 1 aromatic heterocycles. The molecule has 0 aliphatic carbocycles. The second-order valence-corrected chi connectivity index (χ2v) is 6.31. The Morgan fingerprint density at radius 2 is 1.96 bits per heavy atom. The molecule has 1 aliphatic rings. The van der Waals surface area contributed by atoms with E-state index in [-0.39, 0.29) is 22.9 Å². The fraction of sp³-hybridized carbons (Fsp3) is 0.200. The van der Waals surface area contributed by atoms with Gasteiger partial charge in [-0.25, -0.2) is 0 Å². The second-order valence-electron chi connectivity index (χ2n) is 6.31. The van der Waals surface area contributed by atoms with E-state index in [2.05, 4.69) is 22.9 Å². The minimum absolute atomic E-state index is 0.192. The van der Waals surface area contributed by atoms with Crippen LogP contribution in [-0.2, 0) is 13.0 Å². The lowest BCUT2D eigenvalue weighted by molar-refractivity contribution is 0.0949. The van der Waals surface area contributed by atoms with Crippen molar-refractivity contribution in [1.29, 1.82) is 0 Å². The maximum Gasteiger partial charge on any atom is 0.257 e. The Hall–Kier alpha value is -2.88. The first-order valence-corrected chi connectivity index (χ1v) is 8.14. The number of benzene rings is 2. The van der Waals surface area contributed by atoms with Gasteiger partial charge in [0.2, 0.25) is 5.43 Å². The van der Waals surface area contributed by atoms with Crippen LogP contribution in [0.3, 0.4) is 0 Å². The van der Waals surface area contributed by atoms with Gasteiger partial charge in [0.05, 0.1) is 5.52 Å². The minimum atomic E-state index is -0.320. The van der Waals surface area contributed by atoms with Gasteiger partial charge in [0.25, 0.3) is 5.91 Å². The number of para-hydroxylation sites is 1. The van der Waals surface area contributed by atoms with E-state index in [1.165, 1.54) is 5.56 Å². The van der Waals surface area contributed by atoms with Crippen molar-refractivity contribution in [3.8, 4) is 0 Å². The topological polar surface area (TPSA) is 51.1 Å². The summed E-state index contributed by atoms with van der Waals surface area (Å²) in [5.41, 5.74) is 3.17. The summed E-state index contributed by atoms with van der Waals surface area (Å²) in [6, 6.07) is 15.7. The van der Waals surface area contributed by atoms with E-state index >= 15 is 0 Å². The zero-order chi connectivity index (χ0) is 16.7. The average Bonchev–Trinajstić information content (AvgIpc) is 2.93. The van der Waals surface area contributed by atoms with Crippen LogP contribution >= 0.6 is 0 Å². The molecule has 2 heterocycles. The summed E-state index contributed by atoms with van der Waals surface area (Å²) in [5, 5.41) is 3.48. The Balaban J connectivity index is 1.72. The molecule has 0 unspecified atom stereocenters. The predicted octanol–water partition coefficient (Wildman–Crippen LogP) is 3.05. The number of hydrogen-bond acceptors (Lipinski definition) is 2. The molecular formula is C20H18N2O2. The lowest BCUT2D eigenvalue weighted by Crippen LogP contribution is -2.29. The molecule has 1 aliphatic heterocycles. The molecule has 0 radical (unpaired) electrons. The van der Waals surface area contributed by atoms with Crippen LogP contribution in [0.5, 0.6) is 0 Å². The number of nitrogens with one attached hydrogen (secondary N) is 1. The molecule has 120 valence electrons. The van der Waals surface area contributed by atoms with Crippen molar-refractivity contribution >= 4 is 16.8 Å². The number of carbonyl (C=O) groups excluding carboxylic acids is 1. The van der Waals surface area contributed by atoms with Crippen molar-refractivity contribution in [2.45, 2.75) is 25.9 Å². The predicted molar refractivity (Wildman–Crippen MR) is 94.2 cm³/mol. The molecule has 0 saturated carbocycles. The van der Waals surface area contributed by atoms with Gasteiger partial charge in [0.1, 0.15) is 5.56 Å². The number of rotatable bonds is 3. The Bertz CT molecular complexity index is 990. The molecule has 0 fully saturated rings. The average molecular weight is 318 g/mol. The van der Waals surface area contributed by atoms with Crippen LogP contribution in [0.4, 0.5) is 0 Å². The van der Waals surface area contributed by atoms with Crippen LogP contribution in [0.1, 0.15) is 34.5 Å². The molecule has 24 heavy (non-hydrogen) atoms. The number of amides is 1. The van der Waals surface area contributed by atoms with Crippen molar-refractivity contribution in [3.05, 3.63) is 81.6 Å². The summed E-state index contributed by atoms with van der Waals surface area (Å²) in [6.45, 7) is 2.52. The van der Waals surface area contributed by atoms with Crippen molar-refractivity contribution in [2.24, 2.45) is 0 Å². The van der Waals surface area contributed by atoms with Gasteiger partial charge in [-0.1, -0.05) is 42.5 Å². The van der Waals surface area contributed by atoms with Gasteiger partial charge in [-0.15, -0.1) is 0 Å². The highest BCUT2D eigenvalue weighted by Crippen LogP contribution is 2.30. The molecule has 1 amide bonds. The highest BCUT2D eigenvalue weighted by molar-refractivity contribution is 5.98. The third-order valence-electron chi connectivity index (χ3n) is 4.67. The van der Waals surface area contributed by atoms with Crippen molar-refractivity contribution in [2.75, 3.05) is 0 Å². The zero-order valence-corrected chi connectivity index (χ0v) is 13.5. The number of aromatic nitrogens is 1. The van der Waals surface area contributed by atoms with Gasteiger partial charge in [-0.05, 0) is 30.5 Å². The molecule has 0 saturated heterocycles. The van der Waals surface area contributed by atoms with Crippen LogP contribution in [0, 0.1) is 0 Å². The molecule has 2 aromatic carbocycles. The van der Waals surface area contributed by atoms with Crippen LogP contribution in [0.25, 0.3) is 10.9 Å². The first-order valence-electron chi connectivity index (χ1n) is 8.14. The molecule has 4 rings (SSSR count). The standard InChI is InChI=1S/C20H18N2O2/c1-13-10-15-8-5-9-16-18(15)22(13)12-17(19(16)23)20(24)21-11-14-6-3-2-4-7-14/h2-9,12-13H,10-11H2,1H3,(H,21,24)/t13-/m1/s1. The molecule has 4 heteroatoms. The highest BCUT2D eigenvalue weighted by Gasteiger charge is 2.24. The van der Waals surface area contributed by atoms with Crippen LogP contribution in [0.2, 0.25) is 0 Å². The fourth-order valence-electron chi connectivity index (χ4n) is 3.45. The van der Waals surface area contributed by atoms with Gasteiger partial charge in [-0.3, -0.25) is 9.59 Å². The van der Waals surface area contributed by atoms with Crippen molar-refractivity contribution in [1.82, 2.24) is 9.88 Å². The lowest BCUT2D eigenvalue weighted by Gasteiger charge is -2.12. The zero-order valence-electron chi connectivity index (χ0n) is 13.5. The maximum absolute atomic E-state index is 12.7. The number of nitrogens with zero attached hydrogens (tertiary/aromatic N) is 1. The molecule has 0 bridgehead atoms. The van der Waals surface area contributed by atoms with Gasteiger partial charge in [0, 0.05) is 24.2 Å². The Kier molecular flexibility index (Phi) is 3.45. The minimum Gasteiger partial charge on any atom is -0.348 e. The summed E-state index contributed by atoms with van der Waals surface area (Å²) in [7, 11) is 0. The molecule has 0 spiro atoms. The van der Waals surface area contributed by atoms with E-state index in [1.807, 2.05) is 42.5 Å². The lowest BCUT2D eigenvalue weighted by atomic mass is 10.1. The molecule has 4 nitrogen and oxygen atoms in total. The van der Waals surface area contributed by atoms with Gasteiger partial charge >= 0.3 is 0 Å². The van der Waals surface area contributed by atoms with Crippen LogP contribution < -0.4 is 10.7 Å². The number of hydrogen-bond donors (Lipinski definition) is 1. The molecule has 1 atom stereocenters. The summed E-state index contributed by atoms with van der Waals surface area (Å²) in [6.07, 6.45) is 2.61. The number of pyridine rings is 1. The van der Waals surface area contributed by atoms with E-state index in [4.69, 9.17) is 0 Å².